The number of amides is 1. The Kier molecular flexibility index (Phi) is 6.93. The molecule has 2 aromatic carbocycles. The van der Waals surface area contributed by atoms with Gasteiger partial charge in [-0.2, -0.15) is 0 Å². The number of ether oxygens (including phenoxy) is 2. The third-order valence-electron chi connectivity index (χ3n) is 6.36. The Hall–Kier alpha value is -3.32. The average Bonchev–Trinajstić information content (AvgIpc) is 3.41. The highest BCUT2D eigenvalue weighted by molar-refractivity contribution is 6.46. The van der Waals surface area contributed by atoms with Crippen LogP contribution >= 0.6 is 0 Å². The molecule has 180 valence electrons. The van der Waals surface area contributed by atoms with Crippen LogP contribution in [0.15, 0.2) is 48.0 Å². The van der Waals surface area contributed by atoms with E-state index in [0.29, 0.717) is 24.3 Å². The summed E-state index contributed by atoms with van der Waals surface area (Å²) in [4.78, 5) is 27.8. The van der Waals surface area contributed by atoms with Gasteiger partial charge in [-0.05, 0) is 67.1 Å². The molecule has 0 saturated carbocycles. The largest absolute Gasteiger partial charge is 0.508 e. The molecule has 2 fully saturated rings. The number of benzene rings is 2. The molecule has 2 heterocycles. The van der Waals surface area contributed by atoms with Crippen LogP contribution < -0.4 is 4.74 Å². The number of nitrogens with zero attached hydrogens (tertiary/aromatic N) is 1. The number of phenols is 1. The minimum absolute atomic E-state index is 0.00691. The smallest absolute Gasteiger partial charge is 0.295 e. The molecule has 0 spiro atoms. The molecular formula is C27H31NO6. The number of hydrogen-bond donors (Lipinski definition) is 2. The van der Waals surface area contributed by atoms with Crippen LogP contribution in [0.2, 0.25) is 0 Å². The molecule has 2 atom stereocenters. The zero-order valence-electron chi connectivity index (χ0n) is 19.8. The molecule has 7 nitrogen and oxygen atoms in total. The van der Waals surface area contributed by atoms with E-state index in [0.717, 1.165) is 24.2 Å². The van der Waals surface area contributed by atoms with E-state index in [1.54, 1.807) is 30.3 Å². The number of Topliss-reactive ketones (excluding diaryl/α,β-unsaturated/α-hetero) is 1. The number of rotatable bonds is 7. The molecule has 0 aliphatic carbocycles. The number of hydrogen-bond acceptors (Lipinski definition) is 6. The van der Waals surface area contributed by atoms with E-state index < -0.39 is 17.7 Å². The summed E-state index contributed by atoms with van der Waals surface area (Å²) in [5, 5.41) is 21.5. The second kappa shape index (κ2) is 9.89. The van der Waals surface area contributed by atoms with Crippen molar-refractivity contribution in [2.45, 2.75) is 51.7 Å². The fraction of sp³-hybridized carbons (Fsp3) is 0.407. The summed E-state index contributed by atoms with van der Waals surface area (Å²) in [5.41, 5.74) is 1.89. The van der Waals surface area contributed by atoms with E-state index in [9.17, 15) is 19.8 Å². The molecule has 2 N–H and O–H groups in total. The van der Waals surface area contributed by atoms with E-state index in [4.69, 9.17) is 9.47 Å². The van der Waals surface area contributed by atoms with Crippen molar-refractivity contribution in [3.8, 4) is 11.5 Å². The van der Waals surface area contributed by atoms with E-state index in [-0.39, 0.29) is 35.6 Å². The highest BCUT2D eigenvalue weighted by Gasteiger charge is 2.47. The summed E-state index contributed by atoms with van der Waals surface area (Å²) in [6.07, 6.45) is 1.53. The number of ketones is 1. The van der Waals surface area contributed by atoms with Crippen molar-refractivity contribution in [3.63, 3.8) is 0 Å². The van der Waals surface area contributed by atoms with Crippen molar-refractivity contribution in [1.82, 2.24) is 4.90 Å². The van der Waals surface area contributed by atoms with Gasteiger partial charge in [0.05, 0.1) is 24.3 Å². The molecule has 7 heteroatoms. The van der Waals surface area contributed by atoms with E-state index >= 15 is 0 Å². The molecule has 4 rings (SSSR count). The Bertz CT molecular complexity index is 1120. The summed E-state index contributed by atoms with van der Waals surface area (Å²) >= 11 is 0. The predicted molar refractivity (Wildman–Crippen MR) is 128 cm³/mol. The molecule has 0 aromatic heterocycles. The van der Waals surface area contributed by atoms with Gasteiger partial charge in [-0.15, -0.1) is 0 Å². The summed E-state index contributed by atoms with van der Waals surface area (Å²) in [5.74, 6) is -0.811. The average molecular weight is 466 g/mol. The van der Waals surface area contributed by atoms with Gasteiger partial charge in [-0.25, -0.2) is 0 Å². The first-order valence-corrected chi connectivity index (χ1v) is 11.8. The van der Waals surface area contributed by atoms with Crippen molar-refractivity contribution in [2.75, 3.05) is 19.8 Å². The standard InChI is InChI=1S/C27H31NO6/c1-4-33-22-11-10-18(14-21(22)16(2)3)25(30)23-24(17-7-5-8-19(29)13-17)28(27(32)26(23)31)15-20-9-6-12-34-20/h5,7-8,10-11,13-14,16,20,24,29-30H,4,6,9,12,15H2,1-3H3/b25-23-. The number of aromatic hydroxyl groups is 1. The Balaban J connectivity index is 1.84. The third kappa shape index (κ3) is 4.53. The van der Waals surface area contributed by atoms with Gasteiger partial charge in [0.2, 0.25) is 0 Å². The Labute approximate surface area is 199 Å². The molecule has 34 heavy (non-hydrogen) atoms. The normalized spacial score (nSPS) is 22.1. The van der Waals surface area contributed by atoms with Gasteiger partial charge in [0, 0.05) is 18.7 Å². The third-order valence-corrected chi connectivity index (χ3v) is 6.36. The van der Waals surface area contributed by atoms with Crippen LogP contribution in [0.1, 0.15) is 62.3 Å². The summed E-state index contributed by atoms with van der Waals surface area (Å²) in [6.45, 7) is 7.32. The maximum atomic E-state index is 13.2. The summed E-state index contributed by atoms with van der Waals surface area (Å²) < 4.78 is 11.4. The van der Waals surface area contributed by atoms with Crippen molar-refractivity contribution in [3.05, 3.63) is 64.7 Å². The molecule has 0 radical (unpaired) electrons. The molecule has 0 bridgehead atoms. The van der Waals surface area contributed by atoms with Gasteiger partial charge in [0.1, 0.15) is 17.3 Å². The highest BCUT2D eigenvalue weighted by Crippen LogP contribution is 2.41. The van der Waals surface area contributed by atoms with Gasteiger partial charge >= 0.3 is 0 Å². The van der Waals surface area contributed by atoms with Gasteiger partial charge < -0.3 is 24.6 Å². The molecule has 2 aliphatic heterocycles. The minimum Gasteiger partial charge on any atom is -0.508 e. The Morgan fingerprint density at radius 1 is 1.21 bits per heavy atom. The van der Waals surface area contributed by atoms with Gasteiger partial charge in [0.15, 0.2) is 0 Å². The van der Waals surface area contributed by atoms with Gasteiger partial charge in [0.25, 0.3) is 11.7 Å². The Morgan fingerprint density at radius 3 is 2.65 bits per heavy atom. The van der Waals surface area contributed by atoms with E-state index in [2.05, 4.69) is 0 Å². The molecule has 2 saturated heterocycles. The van der Waals surface area contributed by atoms with Crippen molar-refractivity contribution in [1.29, 1.82) is 0 Å². The SMILES string of the molecule is CCOc1ccc(/C(O)=C2/C(=O)C(=O)N(CC3CCCO3)C2c2cccc(O)c2)cc1C(C)C. The van der Waals surface area contributed by atoms with Crippen LogP contribution in [-0.4, -0.2) is 52.7 Å². The van der Waals surface area contributed by atoms with Crippen LogP contribution in [-0.2, 0) is 14.3 Å². The van der Waals surface area contributed by atoms with Crippen molar-refractivity contribution >= 4 is 17.4 Å². The molecule has 2 unspecified atom stereocenters. The number of aliphatic hydroxyl groups excluding tert-OH is 1. The van der Waals surface area contributed by atoms with E-state index in [1.165, 1.54) is 17.0 Å². The Morgan fingerprint density at radius 2 is 2.00 bits per heavy atom. The first-order chi connectivity index (χ1) is 16.3. The zero-order chi connectivity index (χ0) is 24.4. The molecule has 2 aliphatic rings. The number of aliphatic hydroxyl groups is 1. The predicted octanol–water partition coefficient (Wildman–Crippen LogP) is 4.52. The molecule has 1 amide bonds. The van der Waals surface area contributed by atoms with Crippen LogP contribution in [0.5, 0.6) is 11.5 Å². The number of phenolic OH excluding ortho intramolecular Hbond substituents is 1. The van der Waals surface area contributed by atoms with Gasteiger partial charge in [-0.1, -0.05) is 26.0 Å². The first-order valence-electron chi connectivity index (χ1n) is 11.8. The zero-order valence-corrected chi connectivity index (χ0v) is 19.8. The highest BCUT2D eigenvalue weighted by atomic mass is 16.5. The lowest BCUT2D eigenvalue weighted by molar-refractivity contribution is -0.140. The maximum absolute atomic E-state index is 13.2. The maximum Gasteiger partial charge on any atom is 0.295 e. The second-order valence-corrected chi connectivity index (χ2v) is 9.02. The topological polar surface area (TPSA) is 96.3 Å². The lowest BCUT2D eigenvalue weighted by Gasteiger charge is -2.27. The van der Waals surface area contributed by atoms with Crippen molar-refractivity contribution in [2.24, 2.45) is 0 Å². The molecule has 2 aromatic rings. The van der Waals surface area contributed by atoms with Crippen LogP contribution in [0, 0.1) is 0 Å². The van der Waals surface area contributed by atoms with Crippen LogP contribution in [0.3, 0.4) is 0 Å². The fourth-order valence-corrected chi connectivity index (χ4v) is 4.71. The van der Waals surface area contributed by atoms with Crippen LogP contribution in [0.25, 0.3) is 5.76 Å². The first kappa shape index (κ1) is 23.8. The number of likely N-dealkylation sites (tertiary alicyclic amines) is 1. The van der Waals surface area contributed by atoms with Crippen LogP contribution in [0.4, 0.5) is 0 Å². The summed E-state index contributed by atoms with van der Waals surface area (Å²) in [6, 6.07) is 10.9. The second-order valence-electron chi connectivity index (χ2n) is 9.02. The monoisotopic (exact) mass is 465 g/mol. The number of carbonyl (C=O) groups excluding carboxylic acids is 2. The molecular weight excluding hydrogens is 434 g/mol. The lowest BCUT2D eigenvalue weighted by Crippen LogP contribution is -2.36. The van der Waals surface area contributed by atoms with Crippen molar-refractivity contribution < 1.29 is 29.3 Å². The summed E-state index contributed by atoms with van der Waals surface area (Å²) in [7, 11) is 0. The fourth-order valence-electron chi connectivity index (χ4n) is 4.71. The quantitative estimate of drug-likeness (QED) is 0.355. The van der Waals surface area contributed by atoms with E-state index in [1.807, 2.05) is 20.8 Å². The number of carbonyl (C=O) groups is 2. The minimum atomic E-state index is -0.828. The lowest BCUT2D eigenvalue weighted by atomic mass is 9.93. The van der Waals surface area contributed by atoms with Gasteiger partial charge in [-0.3, -0.25) is 9.59 Å².